The Hall–Kier alpha value is -3.44. The van der Waals surface area contributed by atoms with E-state index in [1.165, 1.54) is 7.05 Å². The summed E-state index contributed by atoms with van der Waals surface area (Å²) in [6, 6.07) is 25.6. The molecule has 3 aromatic carbocycles. The molecule has 0 aromatic heterocycles. The van der Waals surface area contributed by atoms with Crippen molar-refractivity contribution in [2.24, 2.45) is 0 Å². The smallest absolute Gasteiger partial charge is 0.338 e. The summed E-state index contributed by atoms with van der Waals surface area (Å²) in [5.41, 5.74) is 3.60. The highest BCUT2D eigenvalue weighted by molar-refractivity contribution is 6.04. The van der Waals surface area contributed by atoms with Crippen LogP contribution in [-0.2, 0) is 20.7 Å². The van der Waals surface area contributed by atoms with E-state index in [1.807, 2.05) is 66.7 Å². The van der Waals surface area contributed by atoms with Crippen molar-refractivity contribution in [3.63, 3.8) is 0 Å². The zero-order chi connectivity index (χ0) is 21.8. The Balaban J connectivity index is 1.54. The fraction of sp³-hybridized carbons (Fsp3) is 0.231. The number of aryl methyl sites for hydroxylation is 1. The van der Waals surface area contributed by atoms with Gasteiger partial charge in [-0.3, -0.25) is 5.32 Å². The molecule has 31 heavy (non-hydrogen) atoms. The number of carboxylic acids is 1. The number of esters is 1. The van der Waals surface area contributed by atoms with E-state index in [1.54, 1.807) is 0 Å². The van der Waals surface area contributed by atoms with Crippen LogP contribution in [-0.4, -0.2) is 36.2 Å². The lowest BCUT2D eigenvalue weighted by Crippen LogP contribution is -2.58. The van der Waals surface area contributed by atoms with Crippen molar-refractivity contribution >= 4 is 11.9 Å². The molecule has 0 heterocycles. The van der Waals surface area contributed by atoms with Crippen molar-refractivity contribution in [3.05, 3.63) is 95.6 Å². The van der Waals surface area contributed by atoms with Gasteiger partial charge in [0.1, 0.15) is 6.61 Å². The molecule has 0 fully saturated rings. The van der Waals surface area contributed by atoms with Gasteiger partial charge in [-0.05, 0) is 47.7 Å². The average Bonchev–Trinajstić information content (AvgIpc) is 3.12. The van der Waals surface area contributed by atoms with Crippen LogP contribution in [0.4, 0.5) is 0 Å². The predicted molar refractivity (Wildman–Crippen MR) is 119 cm³/mol. The Kier molecular flexibility index (Phi) is 5.87. The minimum absolute atomic E-state index is 0.0922. The lowest BCUT2D eigenvalue weighted by atomic mass is 9.91. The molecule has 0 unspecified atom stereocenters. The molecular weight excluding hydrogens is 390 g/mol. The molecule has 0 spiro atoms. The summed E-state index contributed by atoms with van der Waals surface area (Å²) in [6.45, 7) is 0.0922. The molecule has 158 valence electrons. The number of ether oxygens (including phenoxy) is 1. The van der Waals surface area contributed by atoms with Crippen LogP contribution < -0.4 is 5.32 Å². The molecule has 0 saturated heterocycles. The standard InChI is InChI=1S/C26H25NO4/c1-27-26(24(28)29,16-15-18-9-3-2-4-10-18)25(30)31-17-23-21-13-7-5-11-19(21)20-12-6-8-14-22(20)23/h2-14,23,27H,15-17H2,1H3,(H,28,29)/t26-/m1/s1. The van der Waals surface area contributed by atoms with Gasteiger partial charge in [-0.2, -0.15) is 0 Å². The van der Waals surface area contributed by atoms with Gasteiger partial charge in [0, 0.05) is 5.92 Å². The highest BCUT2D eigenvalue weighted by atomic mass is 16.5. The van der Waals surface area contributed by atoms with E-state index in [9.17, 15) is 14.7 Å². The first-order valence-electron chi connectivity index (χ1n) is 10.4. The average molecular weight is 415 g/mol. The molecule has 0 aliphatic heterocycles. The largest absolute Gasteiger partial charge is 0.479 e. The van der Waals surface area contributed by atoms with E-state index in [2.05, 4.69) is 17.4 Å². The number of hydrogen-bond donors (Lipinski definition) is 2. The number of fused-ring (bicyclic) bond motifs is 3. The second-order valence-electron chi connectivity index (χ2n) is 7.77. The Morgan fingerprint density at radius 1 is 0.903 bits per heavy atom. The van der Waals surface area contributed by atoms with Gasteiger partial charge in [0.15, 0.2) is 0 Å². The van der Waals surface area contributed by atoms with Crippen molar-refractivity contribution in [2.75, 3.05) is 13.7 Å². The minimum Gasteiger partial charge on any atom is -0.479 e. The van der Waals surface area contributed by atoms with Gasteiger partial charge in [-0.25, -0.2) is 9.59 Å². The zero-order valence-electron chi connectivity index (χ0n) is 17.4. The highest BCUT2D eigenvalue weighted by Gasteiger charge is 2.46. The molecule has 1 atom stereocenters. The summed E-state index contributed by atoms with van der Waals surface area (Å²) in [7, 11) is 1.49. The summed E-state index contributed by atoms with van der Waals surface area (Å²) in [5.74, 6) is -2.11. The molecule has 5 nitrogen and oxygen atoms in total. The molecule has 3 aromatic rings. The van der Waals surface area contributed by atoms with Gasteiger partial charge in [0.2, 0.25) is 5.54 Å². The van der Waals surface area contributed by atoms with Crippen LogP contribution in [0.3, 0.4) is 0 Å². The van der Waals surface area contributed by atoms with Crippen LogP contribution in [0, 0.1) is 0 Å². The molecule has 1 aliphatic carbocycles. The normalized spacial score (nSPS) is 14.4. The Morgan fingerprint density at radius 2 is 1.45 bits per heavy atom. The van der Waals surface area contributed by atoms with Crippen molar-refractivity contribution < 1.29 is 19.4 Å². The number of hydrogen-bond acceptors (Lipinski definition) is 4. The summed E-state index contributed by atoms with van der Waals surface area (Å²) in [4.78, 5) is 25.2. The fourth-order valence-corrected chi connectivity index (χ4v) is 4.33. The number of carbonyl (C=O) groups is 2. The van der Waals surface area contributed by atoms with Gasteiger partial charge in [0.05, 0.1) is 0 Å². The molecule has 0 amide bonds. The van der Waals surface area contributed by atoms with E-state index >= 15 is 0 Å². The van der Waals surface area contributed by atoms with Crippen LogP contribution >= 0.6 is 0 Å². The first-order valence-corrected chi connectivity index (χ1v) is 10.4. The topological polar surface area (TPSA) is 75.6 Å². The second kappa shape index (κ2) is 8.74. The van der Waals surface area contributed by atoms with E-state index in [0.717, 1.165) is 27.8 Å². The first kappa shape index (κ1) is 20.8. The van der Waals surface area contributed by atoms with Crippen molar-refractivity contribution in [1.29, 1.82) is 0 Å². The molecule has 2 N–H and O–H groups in total. The molecule has 1 aliphatic rings. The highest BCUT2D eigenvalue weighted by Crippen LogP contribution is 2.44. The zero-order valence-corrected chi connectivity index (χ0v) is 17.4. The quantitative estimate of drug-likeness (QED) is 0.429. The van der Waals surface area contributed by atoms with E-state index < -0.39 is 17.5 Å². The van der Waals surface area contributed by atoms with E-state index in [0.29, 0.717) is 6.42 Å². The molecule has 0 saturated carbocycles. The maximum absolute atomic E-state index is 13.1. The van der Waals surface area contributed by atoms with Gasteiger partial charge in [-0.15, -0.1) is 0 Å². The number of nitrogens with one attached hydrogen (secondary N) is 1. The van der Waals surface area contributed by atoms with Crippen molar-refractivity contribution in [3.8, 4) is 11.1 Å². The molecule has 4 rings (SSSR count). The summed E-state index contributed by atoms with van der Waals surface area (Å²) >= 11 is 0. The molecular formula is C26H25NO4. The number of carbonyl (C=O) groups excluding carboxylic acids is 1. The Labute approximate surface area is 181 Å². The molecule has 0 bridgehead atoms. The number of carboxylic acid groups (broad SMARTS) is 1. The lowest BCUT2D eigenvalue weighted by molar-refractivity contribution is -0.163. The Morgan fingerprint density at radius 3 is 2.00 bits per heavy atom. The maximum Gasteiger partial charge on any atom is 0.338 e. The maximum atomic E-state index is 13.1. The fourth-order valence-electron chi connectivity index (χ4n) is 4.33. The van der Waals surface area contributed by atoms with Gasteiger partial charge in [0.25, 0.3) is 0 Å². The van der Waals surface area contributed by atoms with Crippen LogP contribution in [0.25, 0.3) is 11.1 Å². The summed E-state index contributed by atoms with van der Waals surface area (Å²) in [6.07, 6.45) is 0.539. The molecule has 5 heteroatoms. The number of rotatable bonds is 8. The number of aliphatic carboxylic acids is 1. The van der Waals surface area contributed by atoms with E-state index in [-0.39, 0.29) is 18.9 Å². The summed E-state index contributed by atoms with van der Waals surface area (Å²) in [5, 5.41) is 12.6. The number of likely N-dealkylation sites (N-methyl/N-ethyl adjacent to an activating group) is 1. The molecule has 0 radical (unpaired) electrons. The van der Waals surface area contributed by atoms with Crippen molar-refractivity contribution in [2.45, 2.75) is 24.3 Å². The lowest BCUT2D eigenvalue weighted by Gasteiger charge is -2.27. The predicted octanol–water partition coefficient (Wildman–Crippen LogP) is 4.02. The van der Waals surface area contributed by atoms with Gasteiger partial charge < -0.3 is 9.84 Å². The van der Waals surface area contributed by atoms with Crippen molar-refractivity contribution in [1.82, 2.24) is 5.32 Å². The van der Waals surface area contributed by atoms with Crippen LogP contribution in [0.5, 0.6) is 0 Å². The van der Waals surface area contributed by atoms with Gasteiger partial charge in [-0.1, -0.05) is 78.9 Å². The van der Waals surface area contributed by atoms with E-state index in [4.69, 9.17) is 4.74 Å². The third kappa shape index (κ3) is 3.84. The minimum atomic E-state index is -1.80. The van der Waals surface area contributed by atoms with Crippen LogP contribution in [0.1, 0.15) is 29.0 Å². The Bertz CT molecular complexity index is 1050. The summed E-state index contributed by atoms with van der Waals surface area (Å²) < 4.78 is 5.66. The third-order valence-corrected chi connectivity index (χ3v) is 6.12. The second-order valence-corrected chi connectivity index (χ2v) is 7.77. The van der Waals surface area contributed by atoms with Crippen LogP contribution in [0.2, 0.25) is 0 Å². The number of benzene rings is 3. The monoisotopic (exact) mass is 415 g/mol. The van der Waals surface area contributed by atoms with Gasteiger partial charge >= 0.3 is 11.9 Å². The SMILES string of the molecule is CN[C@](CCc1ccccc1)(C(=O)O)C(=O)OCC1c2ccccc2-c2ccccc21. The van der Waals surface area contributed by atoms with Crippen LogP contribution in [0.15, 0.2) is 78.9 Å². The third-order valence-electron chi connectivity index (χ3n) is 6.12. The first-order chi connectivity index (χ1) is 15.1.